The lowest BCUT2D eigenvalue weighted by atomic mass is 9.78. The molecule has 5 rings (SSSR count). The fourth-order valence-corrected chi connectivity index (χ4v) is 6.20. The number of nitrogens with one attached hydrogen (secondary N) is 1. The van der Waals surface area contributed by atoms with E-state index in [0.717, 1.165) is 50.1 Å². The summed E-state index contributed by atoms with van der Waals surface area (Å²) in [5.41, 5.74) is 0.897. The normalized spacial score (nSPS) is 17.4. The van der Waals surface area contributed by atoms with Crippen molar-refractivity contribution in [2.45, 2.75) is 125 Å². The highest BCUT2D eigenvalue weighted by Crippen LogP contribution is 2.37. The number of likely N-dealkylation sites (tertiary alicyclic amines) is 1. The van der Waals surface area contributed by atoms with Crippen LogP contribution in [0.5, 0.6) is 0 Å². The van der Waals surface area contributed by atoms with Gasteiger partial charge in [0.1, 0.15) is 5.82 Å². The number of amides is 1. The number of anilines is 1. The summed E-state index contributed by atoms with van der Waals surface area (Å²) >= 11 is 0. The molecule has 1 aromatic heterocycles. The monoisotopic (exact) mass is 698 g/mol. The summed E-state index contributed by atoms with van der Waals surface area (Å²) < 4.78 is 51.9. The van der Waals surface area contributed by atoms with Gasteiger partial charge < -0.3 is 24.4 Å². The predicted octanol–water partition coefficient (Wildman–Crippen LogP) is 8.94. The number of rotatable bonds is 11. The van der Waals surface area contributed by atoms with Gasteiger partial charge in [-0.2, -0.15) is 13.2 Å². The summed E-state index contributed by atoms with van der Waals surface area (Å²) in [4.78, 5) is 23.9. The van der Waals surface area contributed by atoms with Crippen molar-refractivity contribution in [3.63, 3.8) is 0 Å². The Hall–Kier alpha value is -3.15. The molecule has 3 heterocycles. The van der Waals surface area contributed by atoms with E-state index in [0.29, 0.717) is 34.4 Å². The third-order valence-electron chi connectivity index (χ3n) is 9.65. The van der Waals surface area contributed by atoms with Gasteiger partial charge >= 0.3 is 13.3 Å². The Morgan fingerprint density at radius 3 is 2.10 bits per heavy atom. The van der Waals surface area contributed by atoms with Gasteiger partial charge in [-0.25, -0.2) is 4.98 Å². The Kier molecular flexibility index (Phi) is 14.8. The SMILES string of the molecule is CC.CC.CCCN(C(=O)c1cc(NCc2ccc(C(F)(F)F)cc2)nc2ccc(B3OC(C)(C)C(C)(C)O3)cc12)[C@@H](CC)CN1CCCC1. The van der Waals surface area contributed by atoms with Crippen molar-refractivity contribution in [1.29, 1.82) is 0 Å². The second kappa shape index (κ2) is 17.9. The summed E-state index contributed by atoms with van der Waals surface area (Å²) in [5, 5.41) is 3.95. The zero-order valence-electron chi connectivity index (χ0n) is 31.8. The van der Waals surface area contributed by atoms with Crippen LogP contribution in [0, 0.1) is 0 Å². The van der Waals surface area contributed by atoms with E-state index in [4.69, 9.17) is 14.3 Å². The van der Waals surface area contributed by atoms with Gasteiger partial charge in [-0.1, -0.05) is 65.8 Å². The molecule has 2 aliphatic heterocycles. The quantitative estimate of drug-likeness (QED) is 0.202. The highest BCUT2D eigenvalue weighted by molar-refractivity contribution is 6.62. The first kappa shape index (κ1) is 41.3. The molecule has 0 spiro atoms. The summed E-state index contributed by atoms with van der Waals surface area (Å²) in [6, 6.07) is 12.6. The molecule has 1 amide bonds. The highest BCUT2D eigenvalue weighted by atomic mass is 19.4. The zero-order chi connectivity index (χ0) is 37.3. The van der Waals surface area contributed by atoms with Crippen molar-refractivity contribution >= 4 is 35.2 Å². The molecule has 2 aromatic carbocycles. The Balaban J connectivity index is 0.00000163. The molecule has 2 fully saturated rings. The second-order valence-corrected chi connectivity index (χ2v) is 13.5. The maximum absolute atomic E-state index is 14.6. The van der Waals surface area contributed by atoms with Crippen LogP contribution < -0.4 is 10.8 Å². The van der Waals surface area contributed by atoms with Crippen LogP contribution in [0.25, 0.3) is 10.9 Å². The molecular formula is C39H58BF3N4O3. The van der Waals surface area contributed by atoms with Crippen molar-refractivity contribution in [3.05, 3.63) is 65.2 Å². The molecule has 0 radical (unpaired) electrons. The first-order valence-corrected chi connectivity index (χ1v) is 18.5. The molecule has 0 bridgehead atoms. The van der Waals surface area contributed by atoms with Gasteiger partial charge in [0.2, 0.25) is 0 Å². The Morgan fingerprint density at radius 2 is 1.56 bits per heavy atom. The van der Waals surface area contributed by atoms with E-state index >= 15 is 0 Å². The molecule has 11 heteroatoms. The Bertz CT molecular complexity index is 1510. The standard InChI is InChI=1S/C35H46BF3N4O3.2C2H6/c1-7-17-43(27(8-2)23-42-18-9-10-19-42)32(44)29-21-31(40-22-24-11-13-25(14-12-24)35(37,38)39)41-30-16-15-26(20-28(29)30)36-45-33(3,4)34(5,6)46-36;2*1-2/h11-16,20-21,27H,7-10,17-19,22-23H2,1-6H3,(H,40,41);2*1-2H3/t27-;;/m0../s1. The van der Waals surface area contributed by atoms with E-state index in [2.05, 4.69) is 24.1 Å². The van der Waals surface area contributed by atoms with E-state index in [1.54, 1.807) is 6.07 Å². The smallest absolute Gasteiger partial charge is 0.399 e. The highest BCUT2D eigenvalue weighted by Gasteiger charge is 2.51. The third-order valence-corrected chi connectivity index (χ3v) is 9.65. The average Bonchev–Trinajstić information content (AvgIpc) is 3.70. The van der Waals surface area contributed by atoms with Crippen molar-refractivity contribution in [1.82, 2.24) is 14.8 Å². The lowest BCUT2D eigenvalue weighted by Crippen LogP contribution is -2.46. The van der Waals surface area contributed by atoms with Gasteiger partial charge in [-0.15, -0.1) is 0 Å². The number of halogens is 3. The number of hydrogen-bond acceptors (Lipinski definition) is 6. The van der Waals surface area contributed by atoms with Crippen LogP contribution in [0.1, 0.15) is 116 Å². The molecule has 1 atom stereocenters. The molecule has 0 saturated carbocycles. The molecule has 50 heavy (non-hydrogen) atoms. The van der Waals surface area contributed by atoms with Gasteiger partial charge in [-0.05, 0) is 102 Å². The number of pyridine rings is 1. The molecular weight excluding hydrogens is 640 g/mol. The van der Waals surface area contributed by atoms with E-state index in [-0.39, 0.29) is 18.5 Å². The molecule has 1 N–H and O–H groups in total. The van der Waals surface area contributed by atoms with E-state index in [9.17, 15) is 18.0 Å². The Labute approximate surface area is 298 Å². The Morgan fingerprint density at radius 1 is 0.960 bits per heavy atom. The molecule has 0 unspecified atom stereocenters. The molecule has 2 aliphatic rings. The fraction of sp³-hybridized carbons (Fsp3) is 0.590. The summed E-state index contributed by atoms with van der Waals surface area (Å²) in [6.45, 7) is 24.1. The maximum atomic E-state index is 14.6. The molecule has 276 valence electrons. The first-order chi connectivity index (χ1) is 23.7. The van der Waals surface area contributed by atoms with Crippen LogP contribution >= 0.6 is 0 Å². The summed E-state index contributed by atoms with van der Waals surface area (Å²) in [5.74, 6) is 0.409. The number of carbonyl (C=O) groups is 1. The second-order valence-electron chi connectivity index (χ2n) is 13.5. The number of alkyl halides is 3. The van der Waals surface area contributed by atoms with Gasteiger partial charge in [0, 0.05) is 31.1 Å². The van der Waals surface area contributed by atoms with Crippen molar-refractivity contribution in [3.8, 4) is 0 Å². The minimum absolute atomic E-state index is 0.0589. The van der Waals surface area contributed by atoms with E-state index in [1.807, 2.05) is 78.5 Å². The maximum Gasteiger partial charge on any atom is 0.494 e. The lowest BCUT2D eigenvalue weighted by Gasteiger charge is -2.34. The minimum Gasteiger partial charge on any atom is -0.399 e. The molecule has 7 nitrogen and oxygen atoms in total. The van der Waals surface area contributed by atoms with E-state index < -0.39 is 30.1 Å². The number of carbonyl (C=O) groups excluding carboxylic acids is 1. The van der Waals surface area contributed by atoms with Crippen molar-refractivity contribution in [2.75, 3.05) is 31.5 Å². The van der Waals surface area contributed by atoms with Crippen molar-refractivity contribution < 1.29 is 27.3 Å². The van der Waals surface area contributed by atoms with Crippen LogP contribution in [0.3, 0.4) is 0 Å². The summed E-state index contributed by atoms with van der Waals surface area (Å²) in [6.07, 6.45) is -0.367. The predicted molar refractivity (Wildman–Crippen MR) is 200 cm³/mol. The zero-order valence-corrected chi connectivity index (χ0v) is 31.8. The first-order valence-electron chi connectivity index (χ1n) is 18.5. The van der Waals surface area contributed by atoms with Gasteiger partial charge in [0.15, 0.2) is 0 Å². The lowest BCUT2D eigenvalue weighted by molar-refractivity contribution is -0.137. The summed E-state index contributed by atoms with van der Waals surface area (Å²) in [7, 11) is -0.597. The molecule has 3 aromatic rings. The van der Waals surface area contributed by atoms with Crippen LogP contribution in [0.4, 0.5) is 19.0 Å². The van der Waals surface area contributed by atoms with Gasteiger partial charge in [0.25, 0.3) is 5.91 Å². The number of nitrogens with zero attached hydrogens (tertiary/aromatic N) is 3. The third kappa shape index (κ3) is 9.79. The van der Waals surface area contributed by atoms with Crippen LogP contribution in [-0.4, -0.2) is 71.2 Å². The average molecular weight is 699 g/mol. The van der Waals surface area contributed by atoms with Gasteiger partial charge in [0.05, 0.1) is 27.8 Å². The minimum atomic E-state index is -4.39. The van der Waals surface area contributed by atoms with E-state index in [1.165, 1.54) is 25.0 Å². The number of benzene rings is 2. The van der Waals surface area contributed by atoms with Crippen LogP contribution in [0.2, 0.25) is 0 Å². The topological polar surface area (TPSA) is 66.9 Å². The van der Waals surface area contributed by atoms with Crippen molar-refractivity contribution in [2.24, 2.45) is 0 Å². The molecule has 0 aliphatic carbocycles. The number of aromatic nitrogens is 1. The van der Waals surface area contributed by atoms with Gasteiger partial charge in [-0.3, -0.25) is 4.79 Å². The van der Waals surface area contributed by atoms with Crippen LogP contribution in [0.15, 0.2) is 48.5 Å². The molecule has 2 saturated heterocycles. The number of fused-ring (bicyclic) bond motifs is 1. The number of hydrogen-bond donors (Lipinski definition) is 1. The fourth-order valence-electron chi connectivity index (χ4n) is 6.20. The van der Waals surface area contributed by atoms with Crippen LogP contribution in [-0.2, 0) is 22.0 Å². The largest absolute Gasteiger partial charge is 0.494 e.